The highest BCUT2D eigenvalue weighted by Crippen LogP contribution is 2.41. The zero-order valence-corrected chi connectivity index (χ0v) is 16.2. The van der Waals surface area contributed by atoms with Gasteiger partial charge in [-0.2, -0.15) is 0 Å². The van der Waals surface area contributed by atoms with Crippen molar-refractivity contribution >= 4 is 5.91 Å². The van der Waals surface area contributed by atoms with Crippen LogP contribution in [-0.4, -0.2) is 60.6 Å². The Bertz CT molecular complexity index is 647. The van der Waals surface area contributed by atoms with E-state index in [0.29, 0.717) is 6.04 Å². The number of hydrogen-bond donors (Lipinski definition) is 0. The van der Waals surface area contributed by atoms with E-state index < -0.39 is 0 Å². The van der Waals surface area contributed by atoms with E-state index in [4.69, 9.17) is 4.74 Å². The van der Waals surface area contributed by atoms with Crippen LogP contribution in [0.15, 0.2) is 24.3 Å². The minimum Gasteiger partial charge on any atom is -0.380 e. The standard InChI is InChI=1S/C22H32N2O2/c1-17-4-3-5-19(14-17)21(25)24-12-10-22(11-13-24)9-8-20(23(22)2)16-26-15-18-6-7-18/h3-5,14,18,20H,6-13,15-16H2,1-2H3. The monoisotopic (exact) mass is 356 g/mol. The molecule has 1 amide bonds. The molecule has 26 heavy (non-hydrogen) atoms. The van der Waals surface area contributed by atoms with Crippen LogP contribution in [0.4, 0.5) is 0 Å². The Morgan fingerprint density at radius 3 is 2.62 bits per heavy atom. The van der Waals surface area contributed by atoms with E-state index in [-0.39, 0.29) is 11.4 Å². The minimum atomic E-state index is 0.188. The van der Waals surface area contributed by atoms with Gasteiger partial charge < -0.3 is 9.64 Å². The summed E-state index contributed by atoms with van der Waals surface area (Å²) in [6.45, 7) is 5.61. The molecule has 4 rings (SSSR count). The molecule has 1 aromatic carbocycles. The van der Waals surface area contributed by atoms with Crippen molar-refractivity contribution < 1.29 is 9.53 Å². The Morgan fingerprint density at radius 2 is 1.92 bits per heavy atom. The molecule has 2 saturated heterocycles. The second-order valence-corrected chi connectivity index (χ2v) is 8.67. The summed E-state index contributed by atoms with van der Waals surface area (Å²) in [5, 5.41) is 0. The van der Waals surface area contributed by atoms with Gasteiger partial charge in [0.15, 0.2) is 0 Å². The quantitative estimate of drug-likeness (QED) is 0.810. The van der Waals surface area contributed by atoms with Crippen molar-refractivity contribution in [3.63, 3.8) is 0 Å². The third-order valence-corrected chi connectivity index (χ3v) is 6.85. The number of rotatable bonds is 5. The summed E-state index contributed by atoms with van der Waals surface area (Å²) in [6.07, 6.45) is 7.35. The Labute approximate surface area is 157 Å². The second-order valence-electron chi connectivity index (χ2n) is 8.67. The topological polar surface area (TPSA) is 32.8 Å². The largest absolute Gasteiger partial charge is 0.380 e. The van der Waals surface area contributed by atoms with E-state index in [1.807, 2.05) is 36.1 Å². The van der Waals surface area contributed by atoms with Gasteiger partial charge in [0.2, 0.25) is 0 Å². The number of nitrogens with zero attached hydrogens (tertiary/aromatic N) is 2. The first-order chi connectivity index (χ1) is 12.6. The van der Waals surface area contributed by atoms with Gasteiger partial charge in [0.1, 0.15) is 0 Å². The minimum absolute atomic E-state index is 0.188. The third-order valence-electron chi connectivity index (χ3n) is 6.85. The van der Waals surface area contributed by atoms with Crippen molar-refractivity contribution in [1.82, 2.24) is 9.80 Å². The van der Waals surface area contributed by atoms with E-state index in [2.05, 4.69) is 11.9 Å². The number of carbonyl (C=O) groups is 1. The van der Waals surface area contributed by atoms with Crippen molar-refractivity contribution in [3.05, 3.63) is 35.4 Å². The first-order valence-corrected chi connectivity index (χ1v) is 10.2. The molecule has 4 heteroatoms. The number of likely N-dealkylation sites (N-methyl/N-ethyl adjacent to an activating group) is 1. The molecule has 4 nitrogen and oxygen atoms in total. The molecule has 0 N–H and O–H groups in total. The average Bonchev–Trinajstić information content (AvgIpc) is 3.43. The number of ether oxygens (including phenoxy) is 1. The summed E-state index contributed by atoms with van der Waals surface area (Å²) in [5.74, 6) is 1.03. The lowest BCUT2D eigenvalue weighted by Crippen LogP contribution is -2.54. The molecule has 1 unspecified atom stereocenters. The maximum absolute atomic E-state index is 12.8. The highest BCUT2D eigenvalue weighted by Gasteiger charge is 2.46. The van der Waals surface area contributed by atoms with Crippen molar-refractivity contribution in [2.24, 2.45) is 5.92 Å². The van der Waals surface area contributed by atoms with E-state index in [1.165, 1.54) is 25.7 Å². The van der Waals surface area contributed by atoms with Gasteiger partial charge >= 0.3 is 0 Å². The molecular weight excluding hydrogens is 324 g/mol. The summed E-state index contributed by atoms with van der Waals surface area (Å²) in [5.41, 5.74) is 2.25. The van der Waals surface area contributed by atoms with Crippen LogP contribution in [0, 0.1) is 12.8 Å². The number of amides is 1. The molecular formula is C22H32N2O2. The normalized spacial score (nSPS) is 25.8. The molecule has 3 fully saturated rings. The van der Waals surface area contributed by atoms with Crippen LogP contribution in [0.25, 0.3) is 0 Å². The van der Waals surface area contributed by atoms with Crippen LogP contribution < -0.4 is 0 Å². The van der Waals surface area contributed by atoms with Gasteiger partial charge in [-0.3, -0.25) is 9.69 Å². The lowest BCUT2D eigenvalue weighted by molar-refractivity contribution is 0.0172. The lowest BCUT2D eigenvalue weighted by atomic mass is 9.85. The van der Waals surface area contributed by atoms with Crippen LogP contribution in [0.3, 0.4) is 0 Å². The van der Waals surface area contributed by atoms with Crippen molar-refractivity contribution in [3.8, 4) is 0 Å². The summed E-state index contributed by atoms with van der Waals surface area (Å²) in [4.78, 5) is 17.4. The fourth-order valence-corrected chi connectivity index (χ4v) is 4.73. The highest BCUT2D eigenvalue weighted by atomic mass is 16.5. The van der Waals surface area contributed by atoms with E-state index in [0.717, 1.165) is 56.2 Å². The molecule has 0 bridgehead atoms. The number of carbonyl (C=O) groups excluding carboxylic acids is 1. The van der Waals surface area contributed by atoms with Gasteiger partial charge in [-0.1, -0.05) is 17.7 Å². The number of hydrogen-bond acceptors (Lipinski definition) is 3. The summed E-state index contributed by atoms with van der Waals surface area (Å²) >= 11 is 0. The van der Waals surface area contributed by atoms with Crippen molar-refractivity contribution in [2.45, 2.75) is 57.0 Å². The molecule has 142 valence electrons. The van der Waals surface area contributed by atoms with Gasteiger partial charge in [-0.15, -0.1) is 0 Å². The van der Waals surface area contributed by atoms with Gasteiger partial charge in [0.25, 0.3) is 5.91 Å². The van der Waals surface area contributed by atoms with Crippen LogP contribution in [0.2, 0.25) is 0 Å². The third kappa shape index (κ3) is 3.67. The molecule has 1 spiro atoms. The van der Waals surface area contributed by atoms with E-state index in [1.54, 1.807) is 0 Å². The lowest BCUT2D eigenvalue weighted by Gasteiger charge is -2.45. The predicted molar refractivity (Wildman–Crippen MR) is 103 cm³/mol. The Balaban J connectivity index is 1.31. The Morgan fingerprint density at radius 1 is 1.15 bits per heavy atom. The molecule has 1 saturated carbocycles. The van der Waals surface area contributed by atoms with Gasteiger partial charge in [-0.05, 0) is 70.5 Å². The first kappa shape index (κ1) is 18.0. The van der Waals surface area contributed by atoms with Gasteiger partial charge in [0.05, 0.1) is 6.61 Å². The first-order valence-electron chi connectivity index (χ1n) is 10.2. The molecule has 2 aliphatic heterocycles. The fraction of sp³-hybridized carbons (Fsp3) is 0.682. The molecule has 2 heterocycles. The molecule has 1 aromatic rings. The zero-order valence-electron chi connectivity index (χ0n) is 16.2. The Hall–Kier alpha value is -1.39. The van der Waals surface area contributed by atoms with Crippen molar-refractivity contribution in [1.29, 1.82) is 0 Å². The maximum atomic E-state index is 12.8. The van der Waals surface area contributed by atoms with E-state index >= 15 is 0 Å². The smallest absolute Gasteiger partial charge is 0.253 e. The summed E-state index contributed by atoms with van der Waals surface area (Å²) < 4.78 is 5.97. The van der Waals surface area contributed by atoms with Crippen LogP contribution in [0.5, 0.6) is 0 Å². The highest BCUT2D eigenvalue weighted by molar-refractivity contribution is 5.94. The number of aryl methyl sites for hydroxylation is 1. The van der Waals surface area contributed by atoms with Crippen molar-refractivity contribution in [2.75, 3.05) is 33.4 Å². The van der Waals surface area contributed by atoms with Crippen LogP contribution in [0.1, 0.15) is 54.4 Å². The maximum Gasteiger partial charge on any atom is 0.253 e. The predicted octanol–water partition coefficient (Wildman–Crippen LogP) is 3.49. The van der Waals surface area contributed by atoms with Gasteiger partial charge in [-0.25, -0.2) is 0 Å². The number of benzene rings is 1. The second kappa shape index (κ2) is 7.32. The SMILES string of the molecule is Cc1cccc(C(=O)N2CCC3(CCC(COCC4CC4)N3C)CC2)c1. The molecule has 0 radical (unpaired) electrons. The summed E-state index contributed by atoms with van der Waals surface area (Å²) in [7, 11) is 2.27. The number of piperidine rings is 1. The average molecular weight is 357 g/mol. The molecule has 1 atom stereocenters. The molecule has 0 aromatic heterocycles. The van der Waals surface area contributed by atoms with Crippen LogP contribution in [-0.2, 0) is 4.74 Å². The molecule has 3 aliphatic rings. The zero-order chi connectivity index (χ0) is 18.1. The Kier molecular flexibility index (Phi) is 5.07. The summed E-state index contributed by atoms with van der Waals surface area (Å²) in [6, 6.07) is 8.51. The fourth-order valence-electron chi connectivity index (χ4n) is 4.73. The van der Waals surface area contributed by atoms with Gasteiger partial charge in [0, 0.05) is 36.8 Å². The molecule has 1 aliphatic carbocycles. The number of likely N-dealkylation sites (tertiary alicyclic amines) is 2. The van der Waals surface area contributed by atoms with Crippen LogP contribution >= 0.6 is 0 Å². The van der Waals surface area contributed by atoms with E-state index in [9.17, 15) is 4.79 Å².